The molecule has 0 spiro atoms. The van der Waals surface area contributed by atoms with E-state index in [0.29, 0.717) is 23.2 Å². The lowest BCUT2D eigenvalue weighted by molar-refractivity contribution is 0.101. The average molecular weight is 227 g/mol. The van der Waals surface area contributed by atoms with Crippen molar-refractivity contribution in [3.8, 4) is 5.75 Å². The normalized spacial score (nSPS) is 9.80. The Labute approximate surface area is 93.0 Å². The van der Waals surface area contributed by atoms with E-state index in [0.717, 1.165) is 5.56 Å². The fourth-order valence-corrected chi connectivity index (χ4v) is 1.56. The van der Waals surface area contributed by atoms with Crippen LogP contribution in [0.3, 0.4) is 0 Å². The van der Waals surface area contributed by atoms with Crippen molar-refractivity contribution >= 4 is 23.7 Å². The second-order valence-corrected chi connectivity index (χ2v) is 3.36. The Hall–Kier alpha value is -1.35. The number of ether oxygens (including phenoxy) is 1. The Bertz CT molecular complexity index is 399. The van der Waals surface area contributed by atoms with Crippen molar-refractivity contribution in [3.63, 3.8) is 0 Å². The lowest BCUT2D eigenvalue weighted by atomic mass is 10.0. The molecule has 0 bridgehead atoms. The third-order valence-electron chi connectivity index (χ3n) is 2.06. The number of halogens is 1. The minimum atomic E-state index is -0.250. The predicted molar refractivity (Wildman–Crippen MR) is 58.2 cm³/mol. The predicted octanol–water partition coefficient (Wildman–Crippen LogP) is 2.24. The van der Waals surface area contributed by atoms with Crippen LogP contribution in [0.5, 0.6) is 5.75 Å². The van der Waals surface area contributed by atoms with Crippen molar-refractivity contribution in [1.82, 2.24) is 0 Å². The molecule has 4 heteroatoms. The first-order chi connectivity index (χ1) is 7.13. The summed E-state index contributed by atoms with van der Waals surface area (Å²) in [6, 6.07) is 3.15. The van der Waals surface area contributed by atoms with E-state index in [1.807, 2.05) is 0 Å². The minimum Gasteiger partial charge on any atom is -0.496 e. The smallest absolute Gasteiger partial charge is 0.181 e. The molecular formula is C11H11ClO3. The molecule has 0 aliphatic rings. The quantitative estimate of drug-likeness (QED) is 0.449. The Balaban J connectivity index is 3.38. The number of methoxy groups -OCH3 is 1. The minimum absolute atomic E-state index is 0.127. The molecule has 0 atom stereocenters. The maximum absolute atomic E-state index is 11.5. The van der Waals surface area contributed by atoms with Crippen LogP contribution >= 0.6 is 11.6 Å². The van der Waals surface area contributed by atoms with Crippen molar-refractivity contribution < 1.29 is 14.3 Å². The molecule has 0 aliphatic heterocycles. The van der Waals surface area contributed by atoms with Crippen LogP contribution in [0.25, 0.3) is 0 Å². The van der Waals surface area contributed by atoms with Gasteiger partial charge in [0.25, 0.3) is 0 Å². The van der Waals surface area contributed by atoms with Gasteiger partial charge in [0.15, 0.2) is 5.78 Å². The molecule has 0 saturated heterocycles. The number of rotatable bonds is 4. The second kappa shape index (κ2) is 4.94. The molecule has 0 amide bonds. The van der Waals surface area contributed by atoms with Crippen LogP contribution in [-0.4, -0.2) is 25.1 Å². The van der Waals surface area contributed by atoms with Crippen LogP contribution < -0.4 is 4.74 Å². The van der Waals surface area contributed by atoms with E-state index in [9.17, 15) is 9.59 Å². The molecule has 0 heterocycles. The van der Waals surface area contributed by atoms with E-state index in [1.165, 1.54) is 13.2 Å². The summed E-state index contributed by atoms with van der Waals surface area (Å²) in [5, 5.41) is 0. The lowest BCUT2D eigenvalue weighted by Gasteiger charge is -2.10. The van der Waals surface area contributed by atoms with Crippen molar-refractivity contribution in [2.24, 2.45) is 0 Å². The number of carbonyl (C=O) groups is 2. The maximum Gasteiger partial charge on any atom is 0.181 e. The molecule has 1 aromatic rings. The zero-order valence-electron chi connectivity index (χ0n) is 8.54. The lowest BCUT2D eigenvalue weighted by Crippen LogP contribution is -2.05. The van der Waals surface area contributed by atoms with Crippen LogP contribution in [0.4, 0.5) is 0 Å². The summed E-state index contributed by atoms with van der Waals surface area (Å²) >= 11 is 5.47. The van der Waals surface area contributed by atoms with Gasteiger partial charge in [0, 0.05) is 5.56 Å². The molecule has 0 radical (unpaired) electrons. The molecule has 1 rings (SSSR count). The maximum atomic E-state index is 11.5. The Morgan fingerprint density at radius 1 is 1.53 bits per heavy atom. The number of benzene rings is 1. The summed E-state index contributed by atoms with van der Waals surface area (Å²) in [5.74, 6) is 0.101. The van der Waals surface area contributed by atoms with Crippen molar-refractivity contribution in [1.29, 1.82) is 0 Å². The number of carbonyl (C=O) groups excluding carboxylic acids is 2. The zero-order valence-corrected chi connectivity index (χ0v) is 9.30. The molecule has 0 aromatic heterocycles. The summed E-state index contributed by atoms with van der Waals surface area (Å²) in [7, 11) is 1.48. The molecule has 0 saturated carbocycles. The number of hydrogen-bond donors (Lipinski definition) is 0. The molecule has 0 unspecified atom stereocenters. The average Bonchev–Trinajstić information content (AvgIpc) is 2.26. The van der Waals surface area contributed by atoms with Crippen LogP contribution in [0.15, 0.2) is 12.1 Å². The van der Waals surface area contributed by atoms with Gasteiger partial charge in [-0.15, -0.1) is 11.6 Å². The summed E-state index contributed by atoms with van der Waals surface area (Å²) in [6.07, 6.45) is 0.692. The highest BCUT2D eigenvalue weighted by Gasteiger charge is 2.14. The summed E-state index contributed by atoms with van der Waals surface area (Å²) in [5.41, 5.74) is 1.55. The fraction of sp³-hybridized carbons (Fsp3) is 0.273. The van der Waals surface area contributed by atoms with Gasteiger partial charge in [-0.05, 0) is 24.6 Å². The molecular weight excluding hydrogens is 216 g/mol. The first-order valence-corrected chi connectivity index (χ1v) is 4.90. The molecule has 3 nitrogen and oxygen atoms in total. The number of Topliss-reactive ketones (excluding diaryl/α,β-unsaturated/α-hetero) is 1. The highest BCUT2D eigenvalue weighted by atomic mass is 35.5. The van der Waals surface area contributed by atoms with Gasteiger partial charge in [0.1, 0.15) is 12.0 Å². The summed E-state index contributed by atoms with van der Waals surface area (Å²) < 4.78 is 5.10. The van der Waals surface area contributed by atoms with Gasteiger partial charge >= 0.3 is 0 Å². The van der Waals surface area contributed by atoms with E-state index in [1.54, 1.807) is 13.0 Å². The van der Waals surface area contributed by atoms with Crippen molar-refractivity contribution in [3.05, 3.63) is 28.8 Å². The van der Waals surface area contributed by atoms with Gasteiger partial charge in [-0.3, -0.25) is 9.59 Å². The van der Waals surface area contributed by atoms with Crippen molar-refractivity contribution in [2.45, 2.75) is 6.92 Å². The van der Waals surface area contributed by atoms with Gasteiger partial charge in [-0.2, -0.15) is 0 Å². The molecule has 1 aromatic carbocycles. The summed E-state index contributed by atoms with van der Waals surface area (Å²) in [4.78, 5) is 22.1. The van der Waals surface area contributed by atoms with E-state index in [2.05, 4.69) is 0 Å². The topological polar surface area (TPSA) is 43.4 Å². The molecule has 0 aliphatic carbocycles. The van der Waals surface area contributed by atoms with E-state index in [4.69, 9.17) is 16.3 Å². The van der Waals surface area contributed by atoms with Crippen molar-refractivity contribution in [2.75, 3.05) is 13.0 Å². The van der Waals surface area contributed by atoms with Crippen LogP contribution in [-0.2, 0) is 0 Å². The first kappa shape index (κ1) is 11.7. The largest absolute Gasteiger partial charge is 0.496 e. The highest BCUT2D eigenvalue weighted by Crippen LogP contribution is 2.25. The van der Waals surface area contributed by atoms with Gasteiger partial charge in [0.2, 0.25) is 0 Å². The zero-order chi connectivity index (χ0) is 11.4. The molecule has 0 N–H and O–H groups in total. The number of ketones is 1. The van der Waals surface area contributed by atoms with Gasteiger partial charge in [-0.25, -0.2) is 0 Å². The monoisotopic (exact) mass is 226 g/mol. The van der Waals surface area contributed by atoms with E-state index in [-0.39, 0.29) is 11.7 Å². The third-order valence-corrected chi connectivity index (χ3v) is 2.30. The Morgan fingerprint density at radius 3 is 2.67 bits per heavy atom. The van der Waals surface area contributed by atoms with E-state index < -0.39 is 0 Å². The van der Waals surface area contributed by atoms with Gasteiger partial charge in [0.05, 0.1) is 18.6 Å². The Kier molecular flexibility index (Phi) is 3.86. The van der Waals surface area contributed by atoms with Crippen LogP contribution in [0.1, 0.15) is 26.3 Å². The van der Waals surface area contributed by atoms with Crippen LogP contribution in [0.2, 0.25) is 0 Å². The van der Waals surface area contributed by atoms with Gasteiger partial charge in [-0.1, -0.05) is 0 Å². The molecule has 80 valence electrons. The molecule has 15 heavy (non-hydrogen) atoms. The number of hydrogen-bond acceptors (Lipinski definition) is 3. The number of alkyl halides is 1. The SMILES string of the molecule is COc1c(C)cc(C=O)cc1C(=O)CCl. The highest BCUT2D eigenvalue weighted by molar-refractivity contribution is 6.31. The number of aldehydes is 1. The Morgan fingerprint density at radius 2 is 2.20 bits per heavy atom. The van der Waals surface area contributed by atoms with Gasteiger partial charge < -0.3 is 4.74 Å². The fourth-order valence-electron chi connectivity index (χ4n) is 1.42. The standard InChI is InChI=1S/C11H11ClO3/c1-7-3-8(6-13)4-9(10(14)5-12)11(7)15-2/h3-4,6H,5H2,1-2H3. The van der Waals surface area contributed by atoms with Crippen LogP contribution in [0, 0.1) is 6.92 Å². The third kappa shape index (κ3) is 2.36. The molecule has 0 fully saturated rings. The van der Waals surface area contributed by atoms with E-state index >= 15 is 0 Å². The summed E-state index contributed by atoms with van der Waals surface area (Å²) in [6.45, 7) is 1.77. The first-order valence-electron chi connectivity index (χ1n) is 4.37. The second-order valence-electron chi connectivity index (χ2n) is 3.09. The number of aryl methyl sites for hydroxylation is 1.